The minimum atomic E-state index is -0.694. The maximum Gasteiger partial charge on any atom is 0.254 e. The number of benzene rings is 2. The van der Waals surface area contributed by atoms with Crippen molar-refractivity contribution in [1.82, 2.24) is 25.2 Å². The van der Waals surface area contributed by atoms with Gasteiger partial charge in [0.05, 0.1) is 23.8 Å². The van der Waals surface area contributed by atoms with Crippen molar-refractivity contribution in [3.63, 3.8) is 0 Å². The lowest BCUT2D eigenvalue weighted by atomic mass is 9.85. The van der Waals surface area contributed by atoms with Crippen LogP contribution in [0.3, 0.4) is 0 Å². The van der Waals surface area contributed by atoms with Gasteiger partial charge >= 0.3 is 0 Å². The molecule has 0 unspecified atom stereocenters. The number of carbonyl (C=O) groups is 2. The highest BCUT2D eigenvalue weighted by atomic mass is 16.5. The molecule has 4 aromatic rings. The molecule has 4 N–H and O–H groups in total. The molecule has 0 radical (unpaired) electrons. The predicted molar refractivity (Wildman–Crippen MR) is 158 cm³/mol. The minimum Gasteiger partial charge on any atom is -0.495 e. The summed E-state index contributed by atoms with van der Waals surface area (Å²) in [5, 5.41) is 17.0. The molecule has 0 atom stereocenters. The van der Waals surface area contributed by atoms with E-state index in [0.29, 0.717) is 65.7 Å². The highest BCUT2D eigenvalue weighted by Gasteiger charge is 2.31. The Balaban J connectivity index is 1.36. The first-order valence-electron chi connectivity index (χ1n) is 14.1. The summed E-state index contributed by atoms with van der Waals surface area (Å²) in [7, 11) is 3.15. The summed E-state index contributed by atoms with van der Waals surface area (Å²) in [6, 6.07) is 12.6. The van der Waals surface area contributed by atoms with Crippen LogP contribution in [0.1, 0.15) is 53.3 Å². The van der Waals surface area contributed by atoms with Gasteiger partial charge in [-0.1, -0.05) is 12.1 Å². The Hall–Kier alpha value is -4.64. The van der Waals surface area contributed by atoms with Gasteiger partial charge in [0.1, 0.15) is 17.5 Å². The van der Waals surface area contributed by atoms with E-state index >= 15 is 0 Å². The van der Waals surface area contributed by atoms with Crippen molar-refractivity contribution in [3.8, 4) is 22.8 Å². The number of nitrogens with zero attached hydrogens (tertiary/aromatic N) is 3. The largest absolute Gasteiger partial charge is 0.495 e. The van der Waals surface area contributed by atoms with E-state index in [1.54, 1.807) is 49.4 Å². The summed E-state index contributed by atoms with van der Waals surface area (Å²) in [5.41, 5.74) is 3.32. The zero-order valence-electron chi connectivity index (χ0n) is 23.9. The first kappa shape index (κ1) is 27.5. The second-order valence-electron chi connectivity index (χ2n) is 11.1. The number of fused-ring (bicyclic) bond motifs is 1. The summed E-state index contributed by atoms with van der Waals surface area (Å²) < 4.78 is 12.1. The van der Waals surface area contributed by atoms with Crippen molar-refractivity contribution in [2.24, 2.45) is 0 Å². The highest BCUT2D eigenvalue weighted by Crippen LogP contribution is 2.38. The molecule has 2 amide bonds. The van der Waals surface area contributed by atoms with E-state index in [4.69, 9.17) is 19.4 Å². The van der Waals surface area contributed by atoms with Gasteiger partial charge in [-0.3, -0.25) is 9.59 Å². The molecule has 1 aliphatic heterocycles. The first-order chi connectivity index (χ1) is 20.2. The van der Waals surface area contributed by atoms with Gasteiger partial charge in [-0.05, 0) is 68.5 Å². The van der Waals surface area contributed by atoms with Gasteiger partial charge in [-0.15, -0.1) is 0 Å². The van der Waals surface area contributed by atoms with Crippen LogP contribution in [0.4, 0.5) is 11.6 Å². The molecule has 11 nitrogen and oxygen atoms in total. The SMILES string of the molecule is CNC(=O)c1ccc(-c2c[nH]c3nc(Nc4ccc(C(=O)N5CC5)cc4OC)nc(O[C@H]4CC[C@@](C)(O)CC4)c23)cc1. The summed E-state index contributed by atoms with van der Waals surface area (Å²) in [4.78, 5) is 39.1. The third-order valence-electron chi connectivity index (χ3n) is 7.90. The number of aliphatic hydroxyl groups is 1. The van der Waals surface area contributed by atoms with Gasteiger partial charge in [0.2, 0.25) is 11.8 Å². The number of nitrogens with one attached hydrogen (secondary N) is 3. The number of carbonyl (C=O) groups excluding carboxylic acids is 2. The van der Waals surface area contributed by atoms with Crippen molar-refractivity contribution in [2.75, 3.05) is 32.6 Å². The summed E-state index contributed by atoms with van der Waals surface area (Å²) >= 11 is 0. The molecule has 2 aromatic carbocycles. The van der Waals surface area contributed by atoms with Gasteiger partial charge in [0, 0.05) is 43.0 Å². The molecule has 0 bridgehead atoms. The number of methoxy groups -OCH3 is 1. The molecule has 3 heterocycles. The Kier molecular flexibility index (Phi) is 7.19. The quantitative estimate of drug-likeness (QED) is 0.230. The first-order valence-corrected chi connectivity index (χ1v) is 14.1. The smallest absolute Gasteiger partial charge is 0.254 e. The van der Waals surface area contributed by atoms with Crippen LogP contribution in [0.5, 0.6) is 11.6 Å². The van der Waals surface area contributed by atoms with Gasteiger partial charge in [0.25, 0.3) is 11.8 Å². The molecular formula is C31H34N6O5. The average Bonchev–Trinajstić information content (AvgIpc) is 3.76. The number of amides is 2. The molecule has 1 saturated carbocycles. The van der Waals surface area contributed by atoms with Crippen LogP contribution in [-0.2, 0) is 0 Å². The molecule has 2 aliphatic rings. The van der Waals surface area contributed by atoms with E-state index in [-0.39, 0.29) is 17.9 Å². The van der Waals surface area contributed by atoms with Crippen molar-refractivity contribution in [3.05, 3.63) is 59.8 Å². The topological polar surface area (TPSA) is 141 Å². The van der Waals surface area contributed by atoms with E-state index in [1.807, 2.05) is 25.3 Å². The van der Waals surface area contributed by atoms with Crippen LogP contribution >= 0.6 is 0 Å². The van der Waals surface area contributed by atoms with Crippen LogP contribution in [0.2, 0.25) is 0 Å². The van der Waals surface area contributed by atoms with Crippen molar-refractivity contribution >= 4 is 34.5 Å². The number of ether oxygens (including phenoxy) is 2. The normalized spacial score (nSPS) is 19.8. The molecule has 2 fully saturated rings. The van der Waals surface area contributed by atoms with E-state index in [1.165, 1.54) is 0 Å². The second kappa shape index (κ2) is 11.0. The average molecular weight is 571 g/mol. The zero-order valence-corrected chi connectivity index (χ0v) is 23.9. The fraction of sp³-hybridized carbons (Fsp3) is 0.355. The lowest BCUT2D eigenvalue weighted by molar-refractivity contribution is -0.0114. The van der Waals surface area contributed by atoms with Crippen molar-refractivity contribution in [1.29, 1.82) is 0 Å². The fourth-order valence-electron chi connectivity index (χ4n) is 5.29. The number of hydrogen-bond acceptors (Lipinski definition) is 8. The third-order valence-corrected chi connectivity index (χ3v) is 7.90. The Morgan fingerprint density at radius 1 is 1.07 bits per heavy atom. The molecule has 6 rings (SSSR count). The van der Waals surface area contributed by atoms with E-state index in [0.717, 1.165) is 29.6 Å². The Morgan fingerprint density at radius 3 is 2.45 bits per heavy atom. The Bertz CT molecular complexity index is 1630. The van der Waals surface area contributed by atoms with Crippen LogP contribution in [0.25, 0.3) is 22.2 Å². The highest BCUT2D eigenvalue weighted by molar-refractivity contribution is 5.99. The lowest BCUT2D eigenvalue weighted by Crippen LogP contribution is -2.35. The number of H-pyrrole nitrogens is 1. The second-order valence-corrected chi connectivity index (χ2v) is 11.1. The molecule has 218 valence electrons. The molecular weight excluding hydrogens is 536 g/mol. The molecule has 42 heavy (non-hydrogen) atoms. The number of anilines is 2. The summed E-state index contributed by atoms with van der Waals surface area (Å²) in [6.45, 7) is 3.40. The number of hydrogen-bond donors (Lipinski definition) is 4. The van der Waals surface area contributed by atoms with Gasteiger partial charge in [0.15, 0.2) is 0 Å². The molecule has 11 heteroatoms. The van der Waals surface area contributed by atoms with Crippen LogP contribution < -0.4 is 20.1 Å². The summed E-state index contributed by atoms with van der Waals surface area (Å²) in [5.74, 6) is 1.02. The maximum absolute atomic E-state index is 12.5. The van der Waals surface area contributed by atoms with Gasteiger partial charge in [-0.2, -0.15) is 9.97 Å². The van der Waals surface area contributed by atoms with Gasteiger partial charge in [-0.25, -0.2) is 0 Å². The molecule has 1 saturated heterocycles. The van der Waals surface area contributed by atoms with E-state index < -0.39 is 5.60 Å². The zero-order chi connectivity index (χ0) is 29.4. The lowest BCUT2D eigenvalue weighted by Gasteiger charge is -2.33. The summed E-state index contributed by atoms with van der Waals surface area (Å²) in [6.07, 6.45) is 4.40. The molecule has 2 aromatic heterocycles. The Labute approximate surface area is 243 Å². The van der Waals surface area contributed by atoms with Crippen LogP contribution in [-0.4, -0.2) is 75.7 Å². The van der Waals surface area contributed by atoms with E-state index in [9.17, 15) is 14.7 Å². The standard InChI is InChI=1S/C31H34N6O5/c1-31(40)12-10-21(11-13-31)42-28-25-22(18-4-6-19(7-5-18)27(38)32-2)17-33-26(25)35-30(36-28)34-23-9-8-20(16-24(23)41-3)29(39)37-14-15-37/h4-9,16-17,21,40H,10-15H2,1-3H3,(H,32,38)(H2,33,34,35,36)/t21-,31+. The third kappa shape index (κ3) is 5.60. The maximum atomic E-state index is 12.5. The van der Waals surface area contributed by atoms with Crippen molar-refractivity contribution < 1.29 is 24.2 Å². The number of aromatic amines is 1. The predicted octanol–water partition coefficient (Wildman–Crippen LogP) is 4.26. The Morgan fingerprint density at radius 2 is 1.79 bits per heavy atom. The fourth-order valence-corrected chi connectivity index (χ4v) is 5.29. The van der Waals surface area contributed by atoms with Crippen molar-refractivity contribution in [2.45, 2.75) is 44.3 Å². The molecule has 1 aliphatic carbocycles. The number of aromatic nitrogens is 3. The van der Waals surface area contributed by atoms with E-state index in [2.05, 4.69) is 15.6 Å². The van der Waals surface area contributed by atoms with Crippen LogP contribution in [0.15, 0.2) is 48.7 Å². The molecule has 0 spiro atoms. The van der Waals surface area contributed by atoms with Gasteiger partial charge < -0.3 is 35.1 Å². The monoisotopic (exact) mass is 570 g/mol. The van der Waals surface area contributed by atoms with Crippen LogP contribution in [0, 0.1) is 0 Å². The number of rotatable bonds is 8. The minimum absolute atomic E-state index is 0.0260.